The molecule has 0 bridgehead atoms. The van der Waals surface area contributed by atoms with Crippen molar-refractivity contribution in [2.24, 2.45) is 5.92 Å². The zero-order valence-electron chi connectivity index (χ0n) is 25.8. The normalized spacial score (nSPS) is 11.2. The maximum Gasteiger partial charge on any atom is 0.411 e. The monoisotopic (exact) mass is 588 g/mol. The molecule has 0 aliphatic carbocycles. The van der Waals surface area contributed by atoms with Gasteiger partial charge in [-0.1, -0.05) is 90.7 Å². The second kappa shape index (κ2) is 20.8. The Kier molecular flexibility index (Phi) is 17.4. The SMILES string of the molecule is CCCCCCCCCCCCOCCCNC(=O)c1cc(OCCO)c2c(NC(=O)OCC(C)C)cccc2c1O. The van der Waals surface area contributed by atoms with Crippen molar-refractivity contribution in [3.05, 3.63) is 29.8 Å². The minimum Gasteiger partial charge on any atom is -0.506 e. The molecule has 0 atom stereocenters. The van der Waals surface area contributed by atoms with Gasteiger partial charge in [-0.2, -0.15) is 0 Å². The van der Waals surface area contributed by atoms with E-state index in [0.29, 0.717) is 36.0 Å². The highest BCUT2D eigenvalue weighted by molar-refractivity contribution is 6.11. The summed E-state index contributed by atoms with van der Waals surface area (Å²) >= 11 is 0. The van der Waals surface area contributed by atoms with Crippen LogP contribution in [0.15, 0.2) is 24.3 Å². The fourth-order valence-electron chi connectivity index (χ4n) is 4.63. The topological polar surface area (TPSA) is 126 Å². The van der Waals surface area contributed by atoms with Crippen LogP contribution in [0.25, 0.3) is 10.8 Å². The number of amides is 2. The number of ether oxygens (including phenoxy) is 3. The van der Waals surface area contributed by atoms with Crippen molar-refractivity contribution in [2.45, 2.75) is 91.4 Å². The van der Waals surface area contributed by atoms with Gasteiger partial charge in [-0.3, -0.25) is 10.1 Å². The molecule has 236 valence electrons. The number of aliphatic hydroxyl groups excluding tert-OH is 1. The zero-order valence-corrected chi connectivity index (χ0v) is 25.8. The number of hydrogen-bond acceptors (Lipinski definition) is 7. The number of rotatable bonds is 22. The average Bonchev–Trinajstić information content (AvgIpc) is 2.97. The van der Waals surface area contributed by atoms with Gasteiger partial charge in [0.2, 0.25) is 0 Å². The second-order valence-electron chi connectivity index (χ2n) is 11.1. The Morgan fingerprint density at radius 1 is 0.905 bits per heavy atom. The third kappa shape index (κ3) is 12.9. The molecule has 0 fully saturated rings. The highest BCUT2D eigenvalue weighted by atomic mass is 16.5. The molecule has 0 spiro atoms. The largest absolute Gasteiger partial charge is 0.506 e. The van der Waals surface area contributed by atoms with E-state index in [0.717, 1.165) is 13.0 Å². The summed E-state index contributed by atoms with van der Waals surface area (Å²) in [7, 11) is 0. The predicted molar refractivity (Wildman–Crippen MR) is 168 cm³/mol. The van der Waals surface area contributed by atoms with Crippen molar-refractivity contribution in [1.29, 1.82) is 0 Å². The predicted octanol–water partition coefficient (Wildman–Crippen LogP) is 7.18. The number of benzene rings is 2. The van der Waals surface area contributed by atoms with Gasteiger partial charge in [0.1, 0.15) is 18.1 Å². The number of aromatic hydroxyl groups is 1. The second-order valence-corrected chi connectivity index (χ2v) is 11.1. The van der Waals surface area contributed by atoms with E-state index in [1.165, 1.54) is 63.9 Å². The molecule has 0 aromatic heterocycles. The molecule has 0 aliphatic rings. The quantitative estimate of drug-likeness (QED) is 0.107. The van der Waals surface area contributed by atoms with Crippen LogP contribution in [-0.2, 0) is 9.47 Å². The summed E-state index contributed by atoms with van der Waals surface area (Å²) in [5.74, 6) is -0.252. The van der Waals surface area contributed by atoms with Crippen LogP contribution in [0, 0.1) is 5.92 Å². The number of nitrogens with one attached hydrogen (secondary N) is 2. The summed E-state index contributed by atoms with van der Waals surface area (Å²) < 4.78 is 16.7. The standard InChI is InChI=1S/C33H52N2O7/c1-4-5-6-7-8-9-10-11-12-13-20-40-21-15-18-34-32(38)27-23-29(41-22-19-36)30-26(31(27)37)16-14-17-28(30)35-33(39)42-24-25(2)3/h14,16-17,23,25,36-37H,4-13,15,18-22,24H2,1-3H3,(H,34,38)(H,35,39). The molecule has 9 nitrogen and oxygen atoms in total. The van der Waals surface area contributed by atoms with Crippen LogP contribution < -0.4 is 15.4 Å². The number of hydrogen-bond donors (Lipinski definition) is 4. The van der Waals surface area contributed by atoms with Crippen molar-refractivity contribution in [3.63, 3.8) is 0 Å². The van der Waals surface area contributed by atoms with Crippen LogP contribution in [0.1, 0.15) is 102 Å². The van der Waals surface area contributed by atoms with Gasteiger partial charge >= 0.3 is 6.09 Å². The summed E-state index contributed by atoms with van der Waals surface area (Å²) in [4.78, 5) is 25.3. The van der Waals surface area contributed by atoms with E-state index in [1.54, 1.807) is 18.2 Å². The molecule has 0 saturated carbocycles. The molecule has 9 heteroatoms. The fourth-order valence-corrected chi connectivity index (χ4v) is 4.63. The van der Waals surface area contributed by atoms with Gasteiger partial charge in [-0.15, -0.1) is 0 Å². The van der Waals surface area contributed by atoms with Gasteiger partial charge in [-0.05, 0) is 30.9 Å². The summed E-state index contributed by atoms with van der Waals surface area (Å²) in [6.07, 6.45) is 12.9. The lowest BCUT2D eigenvalue weighted by molar-refractivity contribution is 0.0937. The maximum absolute atomic E-state index is 13.0. The molecule has 0 saturated heterocycles. The minimum absolute atomic E-state index is 0.0244. The van der Waals surface area contributed by atoms with E-state index in [-0.39, 0.29) is 42.8 Å². The van der Waals surface area contributed by atoms with Gasteiger partial charge in [-0.25, -0.2) is 4.79 Å². The van der Waals surface area contributed by atoms with Crippen molar-refractivity contribution in [3.8, 4) is 11.5 Å². The van der Waals surface area contributed by atoms with Gasteiger partial charge in [0, 0.05) is 25.1 Å². The summed E-state index contributed by atoms with van der Waals surface area (Å²) in [5, 5.41) is 26.6. The third-order valence-corrected chi connectivity index (χ3v) is 6.87. The number of anilines is 1. The maximum atomic E-state index is 13.0. The molecule has 0 heterocycles. The number of carbonyl (C=O) groups is 2. The first-order valence-corrected chi connectivity index (χ1v) is 15.7. The Morgan fingerprint density at radius 3 is 2.24 bits per heavy atom. The van der Waals surface area contributed by atoms with Crippen LogP contribution >= 0.6 is 0 Å². The first-order valence-electron chi connectivity index (χ1n) is 15.7. The highest BCUT2D eigenvalue weighted by Crippen LogP contribution is 2.40. The average molecular weight is 589 g/mol. The number of fused-ring (bicyclic) bond motifs is 1. The van der Waals surface area contributed by atoms with Crippen molar-refractivity contribution < 1.29 is 34.0 Å². The Bertz CT molecular complexity index is 1070. The lowest BCUT2D eigenvalue weighted by atomic mass is 10.0. The molecular formula is C33H52N2O7. The summed E-state index contributed by atoms with van der Waals surface area (Å²) in [5.41, 5.74) is 0.400. The Balaban J connectivity index is 1.84. The van der Waals surface area contributed by atoms with Crippen LogP contribution in [-0.4, -0.2) is 61.8 Å². The lowest BCUT2D eigenvalue weighted by Gasteiger charge is -2.17. The van der Waals surface area contributed by atoms with Crippen LogP contribution in [0.3, 0.4) is 0 Å². The highest BCUT2D eigenvalue weighted by Gasteiger charge is 2.21. The molecule has 2 rings (SSSR count). The number of carbonyl (C=O) groups excluding carboxylic acids is 2. The van der Waals surface area contributed by atoms with Gasteiger partial charge in [0.05, 0.1) is 29.9 Å². The molecule has 2 aromatic rings. The molecule has 42 heavy (non-hydrogen) atoms. The van der Waals surface area contributed by atoms with Crippen LogP contribution in [0.5, 0.6) is 11.5 Å². The molecule has 0 unspecified atom stereocenters. The molecule has 0 radical (unpaired) electrons. The summed E-state index contributed by atoms with van der Waals surface area (Å²) in [6, 6.07) is 6.37. The van der Waals surface area contributed by atoms with Crippen LogP contribution in [0.2, 0.25) is 0 Å². The van der Waals surface area contributed by atoms with E-state index in [9.17, 15) is 19.8 Å². The Morgan fingerprint density at radius 2 is 1.57 bits per heavy atom. The minimum atomic E-state index is -0.638. The number of aliphatic hydroxyl groups is 1. The molecule has 4 N–H and O–H groups in total. The first kappa shape index (κ1) is 35.2. The van der Waals surface area contributed by atoms with Crippen molar-refractivity contribution in [2.75, 3.05) is 44.9 Å². The van der Waals surface area contributed by atoms with Crippen LogP contribution in [0.4, 0.5) is 10.5 Å². The third-order valence-electron chi connectivity index (χ3n) is 6.87. The van der Waals surface area contributed by atoms with E-state index in [1.807, 2.05) is 13.8 Å². The molecule has 2 amide bonds. The lowest BCUT2D eigenvalue weighted by Crippen LogP contribution is -2.25. The van der Waals surface area contributed by atoms with Gasteiger partial charge < -0.3 is 29.7 Å². The first-order chi connectivity index (χ1) is 20.4. The molecule has 2 aromatic carbocycles. The van der Waals surface area contributed by atoms with E-state index in [4.69, 9.17) is 14.2 Å². The van der Waals surface area contributed by atoms with E-state index < -0.39 is 12.0 Å². The number of phenols is 1. The zero-order chi connectivity index (χ0) is 30.6. The fraction of sp³-hybridized carbons (Fsp3) is 0.636. The van der Waals surface area contributed by atoms with Gasteiger partial charge in [0.25, 0.3) is 5.91 Å². The number of unbranched alkanes of at least 4 members (excludes halogenated alkanes) is 9. The Labute approximate surface area is 251 Å². The smallest absolute Gasteiger partial charge is 0.411 e. The summed E-state index contributed by atoms with van der Waals surface area (Å²) in [6.45, 7) is 7.77. The van der Waals surface area contributed by atoms with E-state index in [2.05, 4.69) is 17.6 Å². The van der Waals surface area contributed by atoms with Crippen molar-refractivity contribution >= 4 is 28.5 Å². The Hall–Kier alpha value is -3.04. The van der Waals surface area contributed by atoms with Gasteiger partial charge in [0.15, 0.2) is 0 Å². The molecular weight excluding hydrogens is 536 g/mol. The van der Waals surface area contributed by atoms with E-state index >= 15 is 0 Å². The molecule has 0 aliphatic heterocycles. The number of phenolic OH excluding ortho intramolecular Hbond substituents is 1. The van der Waals surface area contributed by atoms with Crippen molar-refractivity contribution in [1.82, 2.24) is 5.32 Å².